The fourth-order valence-corrected chi connectivity index (χ4v) is 0.862. The Bertz CT molecular complexity index is 338. The standard InChI is InChI=1S/C8H10FN3O/c1-12(2)8(13)6-3-5(9)4-11-7(6)10/h3-4H,1-2H3,(H2,10,11). The summed E-state index contributed by atoms with van der Waals surface area (Å²) in [5.74, 6) is -0.885. The summed E-state index contributed by atoms with van der Waals surface area (Å²) in [6.07, 6.45) is 0.974. The molecule has 1 rings (SSSR count). The van der Waals surface area contributed by atoms with Crippen molar-refractivity contribution in [1.29, 1.82) is 0 Å². The Morgan fingerprint density at radius 3 is 2.77 bits per heavy atom. The van der Waals surface area contributed by atoms with Crippen LogP contribution in [0.1, 0.15) is 10.4 Å². The first kappa shape index (κ1) is 9.44. The summed E-state index contributed by atoms with van der Waals surface area (Å²) in [6.45, 7) is 0. The van der Waals surface area contributed by atoms with Gasteiger partial charge < -0.3 is 10.6 Å². The number of amides is 1. The molecule has 4 nitrogen and oxygen atoms in total. The van der Waals surface area contributed by atoms with Gasteiger partial charge in [-0.05, 0) is 6.07 Å². The Morgan fingerprint density at radius 2 is 2.23 bits per heavy atom. The highest BCUT2D eigenvalue weighted by Gasteiger charge is 2.13. The topological polar surface area (TPSA) is 59.2 Å². The molecule has 0 aromatic carbocycles. The highest BCUT2D eigenvalue weighted by molar-refractivity contribution is 5.97. The average molecular weight is 183 g/mol. The molecular formula is C8H10FN3O. The minimum absolute atomic E-state index is 0.0418. The first-order valence-corrected chi connectivity index (χ1v) is 3.65. The molecule has 0 aliphatic carbocycles. The maximum atomic E-state index is 12.7. The molecule has 13 heavy (non-hydrogen) atoms. The van der Waals surface area contributed by atoms with Gasteiger partial charge in [-0.3, -0.25) is 4.79 Å². The zero-order valence-corrected chi connectivity index (χ0v) is 7.41. The van der Waals surface area contributed by atoms with Crippen LogP contribution in [0.25, 0.3) is 0 Å². The van der Waals surface area contributed by atoms with Crippen molar-refractivity contribution in [2.45, 2.75) is 0 Å². The molecule has 70 valence electrons. The van der Waals surface area contributed by atoms with Crippen LogP contribution >= 0.6 is 0 Å². The van der Waals surface area contributed by atoms with Crippen LogP contribution in [0.4, 0.5) is 10.2 Å². The lowest BCUT2D eigenvalue weighted by molar-refractivity contribution is 0.0828. The first-order valence-electron chi connectivity index (χ1n) is 3.65. The van der Waals surface area contributed by atoms with Gasteiger partial charge in [0.2, 0.25) is 0 Å². The van der Waals surface area contributed by atoms with Gasteiger partial charge >= 0.3 is 0 Å². The molecule has 0 bridgehead atoms. The van der Waals surface area contributed by atoms with E-state index in [0.717, 1.165) is 12.3 Å². The number of carbonyl (C=O) groups is 1. The average Bonchev–Trinajstić information content (AvgIpc) is 2.08. The van der Waals surface area contributed by atoms with Gasteiger partial charge in [0, 0.05) is 14.1 Å². The second kappa shape index (κ2) is 3.38. The highest BCUT2D eigenvalue weighted by atomic mass is 19.1. The summed E-state index contributed by atoms with van der Waals surface area (Å²) < 4.78 is 12.7. The van der Waals surface area contributed by atoms with E-state index in [-0.39, 0.29) is 17.3 Å². The third kappa shape index (κ3) is 1.93. The number of nitrogens with zero attached hydrogens (tertiary/aromatic N) is 2. The van der Waals surface area contributed by atoms with Gasteiger partial charge in [-0.2, -0.15) is 0 Å². The zero-order valence-electron chi connectivity index (χ0n) is 7.41. The molecule has 0 saturated carbocycles. The second-order valence-corrected chi connectivity index (χ2v) is 2.79. The van der Waals surface area contributed by atoms with Gasteiger partial charge in [-0.25, -0.2) is 9.37 Å². The van der Waals surface area contributed by atoms with Crippen molar-refractivity contribution in [2.24, 2.45) is 0 Å². The summed E-state index contributed by atoms with van der Waals surface area (Å²) in [5.41, 5.74) is 5.49. The van der Waals surface area contributed by atoms with Crippen LogP contribution in [-0.2, 0) is 0 Å². The number of anilines is 1. The van der Waals surface area contributed by atoms with Crippen molar-refractivity contribution >= 4 is 11.7 Å². The quantitative estimate of drug-likeness (QED) is 0.689. The number of hydrogen-bond donors (Lipinski definition) is 1. The van der Waals surface area contributed by atoms with Crippen LogP contribution in [-0.4, -0.2) is 29.9 Å². The van der Waals surface area contributed by atoms with E-state index < -0.39 is 5.82 Å². The number of aromatic nitrogens is 1. The molecule has 1 aromatic heterocycles. The van der Waals surface area contributed by atoms with Crippen molar-refractivity contribution in [3.05, 3.63) is 23.6 Å². The van der Waals surface area contributed by atoms with Gasteiger partial charge in [-0.1, -0.05) is 0 Å². The molecule has 1 heterocycles. The third-order valence-electron chi connectivity index (χ3n) is 1.52. The van der Waals surface area contributed by atoms with Crippen molar-refractivity contribution < 1.29 is 9.18 Å². The maximum Gasteiger partial charge on any atom is 0.257 e. The molecule has 0 aliphatic rings. The molecule has 0 atom stereocenters. The Balaban J connectivity index is 3.13. The van der Waals surface area contributed by atoms with E-state index >= 15 is 0 Å². The van der Waals surface area contributed by atoms with E-state index in [4.69, 9.17) is 5.73 Å². The van der Waals surface area contributed by atoms with Crippen molar-refractivity contribution in [1.82, 2.24) is 9.88 Å². The summed E-state index contributed by atoms with van der Waals surface area (Å²) in [5, 5.41) is 0. The van der Waals surface area contributed by atoms with E-state index in [1.54, 1.807) is 14.1 Å². The minimum atomic E-state index is -0.570. The SMILES string of the molecule is CN(C)C(=O)c1cc(F)cnc1N. The van der Waals surface area contributed by atoms with Gasteiger partial charge in [-0.15, -0.1) is 0 Å². The fraction of sp³-hybridized carbons (Fsp3) is 0.250. The van der Waals surface area contributed by atoms with E-state index in [1.165, 1.54) is 4.90 Å². The van der Waals surface area contributed by atoms with Crippen LogP contribution in [0, 0.1) is 5.82 Å². The van der Waals surface area contributed by atoms with Crippen molar-refractivity contribution in [3.63, 3.8) is 0 Å². The molecule has 1 amide bonds. The molecule has 5 heteroatoms. The third-order valence-corrected chi connectivity index (χ3v) is 1.52. The molecule has 0 spiro atoms. The number of nitrogen functional groups attached to an aromatic ring is 1. The largest absolute Gasteiger partial charge is 0.383 e. The Hall–Kier alpha value is -1.65. The van der Waals surface area contributed by atoms with Crippen LogP contribution in [0.2, 0.25) is 0 Å². The lowest BCUT2D eigenvalue weighted by atomic mass is 10.2. The number of pyridine rings is 1. The minimum Gasteiger partial charge on any atom is -0.383 e. The van der Waals surface area contributed by atoms with Crippen LogP contribution < -0.4 is 5.73 Å². The Kier molecular flexibility index (Phi) is 2.46. The molecule has 1 aromatic rings. The van der Waals surface area contributed by atoms with E-state index in [0.29, 0.717) is 0 Å². The maximum absolute atomic E-state index is 12.7. The van der Waals surface area contributed by atoms with Crippen molar-refractivity contribution in [3.8, 4) is 0 Å². The number of halogens is 1. The summed E-state index contributed by atoms with van der Waals surface area (Å²) in [4.78, 5) is 16.2. The molecule has 2 N–H and O–H groups in total. The first-order chi connectivity index (χ1) is 6.02. The molecule has 0 radical (unpaired) electrons. The predicted octanol–water partition coefficient (Wildman–Crippen LogP) is 0.505. The van der Waals surface area contributed by atoms with Crippen LogP contribution in [0.3, 0.4) is 0 Å². The number of hydrogen-bond acceptors (Lipinski definition) is 3. The van der Waals surface area contributed by atoms with Gasteiger partial charge in [0.05, 0.1) is 11.8 Å². The molecular weight excluding hydrogens is 173 g/mol. The lowest BCUT2D eigenvalue weighted by Crippen LogP contribution is -2.23. The van der Waals surface area contributed by atoms with Crippen LogP contribution in [0.5, 0.6) is 0 Å². The monoisotopic (exact) mass is 183 g/mol. The molecule has 0 fully saturated rings. The molecule has 0 saturated heterocycles. The zero-order chi connectivity index (χ0) is 10.0. The smallest absolute Gasteiger partial charge is 0.257 e. The highest BCUT2D eigenvalue weighted by Crippen LogP contribution is 2.11. The van der Waals surface area contributed by atoms with Gasteiger partial charge in [0.1, 0.15) is 11.6 Å². The summed E-state index contributed by atoms with van der Waals surface area (Å²) in [7, 11) is 3.12. The Labute approximate surface area is 75.2 Å². The summed E-state index contributed by atoms with van der Waals surface area (Å²) in [6, 6.07) is 1.07. The fourth-order valence-electron chi connectivity index (χ4n) is 0.862. The number of nitrogens with two attached hydrogens (primary N) is 1. The second-order valence-electron chi connectivity index (χ2n) is 2.79. The molecule has 0 aliphatic heterocycles. The van der Waals surface area contributed by atoms with E-state index in [1.807, 2.05) is 0 Å². The van der Waals surface area contributed by atoms with Gasteiger partial charge in [0.25, 0.3) is 5.91 Å². The van der Waals surface area contributed by atoms with Crippen LogP contribution in [0.15, 0.2) is 12.3 Å². The van der Waals surface area contributed by atoms with E-state index in [2.05, 4.69) is 4.98 Å². The Morgan fingerprint density at radius 1 is 1.62 bits per heavy atom. The van der Waals surface area contributed by atoms with E-state index in [9.17, 15) is 9.18 Å². The predicted molar refractivity (Wildman–Crippen MR) is 46.6 cm³/mol. The van der Waals surface area contributed by atoms with Gasteiger partial charge in [0.15, 0.2) is 0 Å². The molecule has 0 unspecified atom stereocenters. The number of carbonyl (C=O) groups excluding carboxylic acids is 1. The summed E-state index contributed by atoms with van der Waals surface area (Å²) >= 11 is 0. The number of rotatable bonds is 1. The lowest BCUT2D eigenvalue weighted by Gasteiger charge is -2.10. The normalized spacial score (nSPS) is 9.77. The van der Waals surface area contributed by atoms with Crippen molar-refractivity contribution in [2.75, 3.05) is 19.8 Å².